The van der Waals surface area contributed by atoms with Gasteiger partial charge in [0.25, 0.3) is 5.91 Å². The van der Waals surface area contributed by atoms with Crippen LogP contribution in [-0.2, 0) is 4.84 Å². The molecule has 2 heterocycles. The Kier molecular flexibility index (Phi) is 5.58. The van der Waals surface area contributed by atoms with E-state index in [1.165, 1.54) is 0 Å². The minimum Gasteiger partial charge on any atom is -0.497 e. The molecule has 1 aliphatic heterocycles. The van der Waals surface area contributed by atoms with Gasteiger partial charge >= 0.3 is 0 Å². The largest absolute Gasteiger partial charge is 0.497 e. The van der Waals surface area contributed by atoms with Crippen molar-refractivity contribution in [1.29, 1.82) is 0 Å². The minimum absolute atomic E-state index is 0.152. The average Bonchev–Trinajstić information content (AvgIpc) is 2.87. The summed E-state index contributed by atoms with van der Waals surface area (Å²) in [5.41, 5.74) is 2.16. The molecule has 0 radical (unpaired) electrons. The Hall–Kier alpha value is -2.38. The Morgan fingerprint density at radius 3 is 2.58 bits per heavy atom. The van der Waals surface area contributed by atoms with Gasteiger partial charge in [-0.3, -0.25) is 9.63 Å². The maximum Gasteiger partial charge on any atom is 0.255 e. The van der Waals surface area contributed by atoms with Gasteiger partial charge in [0.1, 0.15) is 5.75 Å². The van der Waals surface area contributed by atoms with Crippen molar-refractivity contribution < 1.29 is 14.4 Å². The van der Waals surface area contributed by atoms with Crippen LogP contribution in [0.2, 0.25) is 5.02 Å². The number of halogens is 1. The lowest BCUT2D eigenvalue weighted by Crippen LogP contribution is -2.36. The van der Waals surface area contributed by atoms with E-state index in [0.29, 0.717) is 48.5 Å². The zero-order valence-corrected chi connectivity index (χ0v) is 15.8. The van der Waals surface area contributed by atoms with E-state index in [-0.39, 0.29) is 5.91 Å². The number of aryl methyl sites for hydroxylation is 2. The van der Waals surface area contributed by atoms with Gasteiger partial charge in [-0.05, 0) is 38.1 Å². The number of anilines is 1. The molecular weight excluding hydrogens is 356 g/mol. The maximum atomic E-state index is 12.9. The van der Waals surface area contributed by atoms with Gasteiger partial charge in [0.2, 0.25) is 5.95 Å². The fraction of sp³-hybridized carbons (Fsp3) is 0.389. The molecule has 0 unspecified atom stereocenters. The molecule has 0 aliphatic carbocycles. The molecule has 0 N–H and O–H groups in total. The number of carbonyl (C=O) groups is 1. The third-order valence-corrected chi connectivity index (χ3v) is 4.40. The van der Waals surface area contributed by atoms with E-state index >= 15 is 0 Å². The molecule has 1 aromatic heterocycles. The lowest BCUT2D eigenvalue weighted by atomic mass is 10.2. The van der Waals surface area contributed by atoms with Crippen LogP contribution in [0.1, 0.15) is 21.7 Å². The molecule has 26 heavy (non-hydrogen) atoms. The molecule has 1 aliphatic rings. The lowest BCUT2D eigenvalue weighted by molar-refractivity contribution is 0.0729. The van der Waals surface area contributed by atoms with E-state index in [1.54, 1.807) is 35.3 Å². The van der Waals surface area contributed by atoms with E-state index in [2.05, 4.69) is 9.97 Å². The molecule has 1 amide bonds. The number of hydroxylamine groups is 1. The summed E-state index contributed by atoms with van der Waals surface area (Å²) in [5, 5.41) is 2.04. The number of hydrogen-bond acceptors (Lipinski definition) is 6. The normalized spacial score (nSPS) is 14.9. The average molecular weight is 377 g/mol. The Bertz CT molecular complexity index is 795. The van der Waals surface area contributed by atoms with Crippen molar-refractivity contribution in [2.24, 2.45) is 0 Å². The van der Waals surface area contributed by atoms with Crippen molar-refractivity contribution in [3.8, 4) is 5.75 Å². The quantitative estimate of drug-likeness (QED) is 0.820. The number of aromatic nitrogens is 2. The number of nitrogens with zero attached hydrogens (tertiary/aromatic N) is 4. The number of amides is 1. The van der Waals surface area contributed by atoms with Gasteiger partial charge in [0.15, 0.2) is 0 Å². The summed E-state index contributed by atoms with van der Waals surface area (Å²) in [5.74, 6) is 0.950. The first-order chi connectivity index (χ1) is 12.5. The van der Waals surface area contributed by atoms with Gasteiger partial charge < -0.3 is 9.64 Å². The fourth-order valence-electron chi connectivity index (χ4n) is 2.79. The van der Waals surface area contributed by atoms with Crippen molar-refractivity contribution in [1.82, 2.24) is 14.9 Å². The molecule has 1 fully saturated rings. The Balaban J connectivity index is 1.75. The molecule has 0 saturated carbocycles. The summed E-state index contributed by atoms with van der Waals surface area (Å²) in [6.07, 6.45) is 0. The standard InChI is InChI=1S/C18H21ClN4O3/c1-12-10-13(2)21-18(20-12)23-7-6-22(8-9-26-23)17(24)15-11-14(25-3)4-5-16(15)19/h4-5,10-11H,6-9H2,1-3H3. The fourth-order valence-corrected chi connectivity index (χ4v) is 2.99. The molecule has 3 rings (SSSR count). The monoisotopic (exact) mass is 376 g/mol. The predicted molar refractivity (Wildman–Crippen MR) is 98.7 cm³/mol. The molecule has 2 aromatic rings. The smallest absolute Gasteiger partial charge is 0.255 e. The van der Waals surface area contributed by atoms with E-state index < -0.39 is 0 Å². The highest BCUT2D eigenvalue weighted by atomic mass is 35.5. The van der Waals surface area contributed by atoms with E-state index in [4.69, 9.17) is 21.2 Å². The molecule has 0 bridgehead atoms. The van der Waals surface area contributed by atoms with Gasteiger partial charge in [-0.2, -0.15) is 0 Å². The van der Waals surface area contributed by atoms with Crippen LogP contribution in [-0.4, -0.2) is 54.1 Å². The van der Waals surface area contributed by atoms with Crippen LogP contribution in [0.3, 0.4) is 0 Å². The summed E-state index contributed by atoms with van der Waals surface area (Å²) >= 11 is 6.20. The SMILES string of the molecule is COc1ccc(Cl)c(C(=O)N2CCON(c3nc(C)cc(C)n3)CC2)c1. The zero-order valence-electron chi connectivity index (χ0n) is 15.0. The molecule has 0 spiro atoms. The molecular formula is C18H21ClN4O3. The second kappa shape index (κ2) is 7.88. The van der Waals surface area contributed by atoms with Crippen LogP contribution in [0, 0.1) is 13.8 Å². The summed E-state index contributed by atoms with van der Waals surface area (Å²) in [7, 11) is 1.55. The number of methoxy groups -OCH3 is 1. The van der Waals surface area contributed by atoms with Crippen LogP contribution >= 0.6 is 11.6 Å². The third kappa shape index (κ3) is 4.05. The van der Waals surface area contributed by atoms with Crippen molar-refractivity contribution in [2.45, 2.75) is 13.8 Å². The van der Waals surface area contributed by atoms with Crippen molar-refractivity contribution in [3.63, 3.8) is 0 Å². The predicted octanol–water partition coefficient (Wildman–Crippen LogP) is 2.65. The van der Waals surface area contributed by atoms with Crippen LogP contribution < -0.4 is 9.80 Å². The van der Waals surface area contributed by atoms with Crippen molar-refractivity contribution in [2.75, 3.05) is 38.4 Å². The summed E-state index contributed by atoms with van der Waals surface area (Å²) < 4.78 is 5.19. The topological polar surface area (TPSA) is 67.8 Å². The molecule has 1 aromatic carbocycles. The number of ether oxygens (including phenoxy) is 1. The number of hydrogen-bond donors (Lipinski definition) is 0. The zero-order chi connectivity index (χ0) is 18.7. The Morgan fingerprint density at radius 2 is 1.88 bits per heavy atom. The van der Waals surface area contributed by atoms with Gasteiger partial charge in [0.05, 0.1) is 30.8 Å². The van der Waals surface area contributed by atoms with Gasteiger partial charge in [0, 0.05) is 24.5 Å². The molecule has 0 atom stereocenters. The van der Waals surface area contributed by atoms with Gasteiger partial charge in [-0.15, -0.1) is 0 Å². The summed E-state index contributed by atoms with van der Waals surface area (Å²) in [4.78, 5) is 29.2. The second-order valence-electron chi connectivity index (χ2n) is 6.02. The first-order valence-electron chi connectivity index (χ1n) is 8.33. The van der Waals surface area contributed by atoms with Crippen LogP contribution in [0.4, 0.5) is 5.95 Å². The highest BCUT2D eigenvalue weighted by molar-refractivity contribution is 6.33. The molecule has 1 saturated heterocycles. The molecule has 7 nitrogen and oxygen atoms in total. The maximum absolute atomic E-state index is 12.9. The lowest BCUT2D eigenvalue weighted by Gasteiger charge is -2.21. The van der Waals surface area contributed by atoms with Crippen LogP contribution in [0.25, 0.3) is 0 Å². The van der Waals surface area contributed by atoms with Gasteiger partial charge in [-0.1, -0.05) is 11.6 Å². The highest BCUT2D eigenvalue weighted by Gasteiger charge is 2.24. The first-order valence-corrected chi connectivity index (χ1v) is 8.71. The van der Waals surface area contributed by atoms with Crippen molar-refractivity contribution in [3.05, 3.63) is 46.2 Å². The number of rotatable bonds is 3. The van der Waals surface area contributed by atoms with E-state index in [9.17, 15) is 4.79 Å². The minimum atomic E-state index is -0.152. The second-order valence-corrected chi connectivity index (χ2v) is 6.43. The third-order valence-electron chi connectivity index (χ3n) is 4.07. The number of carbonyl (C=O) groups excluding carboxylic acids is 1. The van der Waals surface area contributed by atoms with E-state index in [1.807, 2.05) is 19.9 Å². The van der Waals surface area contributed by atoms with Crippen LogP contribution in [0.15, 0.2) is 24.3 Å². The molecule has 138 valence electrons. The molecule has 8 heteroatoms. The summed E-state index contributed by atoms with van der Waals surface area (Å²) in [6.45, 7) is 5.57. The first kappa shape index (κ1) is 18.4. The van der Waals surface area contributed by atoms with Crippen molar-refractivity contribution >= 4 is 23.5 Å². The van der Waals surface area contributed by atoms with E-state index in [0.717, 1.165) is 11.4 Å². The van der Waals surface area contributed by atoms with Crippen LogP contribution in [0.5, 0.6) is 5.75 Å². The Labute approximate surface area is 157 Å². The number of benzene rings is 1. The van der Waals surface area contributed by atoms with Gasteiger partial charge in [-0.25, -0.2) is 15.0 Å². The highest BCUT2D eigenvalue weighted by Crippen LogP contribution is 2.24. The Morgan fingerprint density at radius 1 is 1.15 bits per heavy atom. The summed E-state index contributed by atoms with van der Waals surface area (Å²) in [6, 6.07) is 6.95.